The Bertz CT molecular complexity index is 915. The topological polar surface area (TPSA) is 79.5 Å². The number of carbonyl (C=O) groups excluding carboxylic acids is 2. The number of hydrogen-bond acceptors (Lipinski definition) is 3. The number of anilines is 1. The van der Waals surface area contributed by atoms with E-state index in [1.54, 1.807) is 24.3 Å². The Labute approximate surface area is 163 Å². The van der Waals surface area contributed by atoms with Crippen molar-refractivity contribution in [3.8, 4) is 11.5 Å². The van der Waals surface area contributed by atoms with Crippen molar-refractivity contribution in [1.29, 1.82) is 0 Å². The van der Waals surface area contributed by atoms with Gasteiger partial charge in [0.2, 0.25) is 5.91 Å². The van der Waals surface area contributed by atoms with Gasteiger partial charge < -0.3 is 20.7 Å². The molecule has 0 aliphatic carbocycles. The molecule has 3 aromatic carbocycles. The van der Waals surface area contributed by atoms with Crippen LogP contribution in [-0.4, -0.2) is 18.5 Å². The number of benzene rings is 3. The number of urea groups is 1. The van der Waals surface area contributed by atoms with E-state index in [1.807, 2.05) is 60.7 Å². The molecular weight excluding hydrogens is 354 g/mol. The Kier molecular flexibility index (Phi) is 6.62. The molecule has 0 fully saturated rings. The Morgan fingerprint density at radius 2 is 1.43 bits per heavy atom. The zero-order valence-electron chi connectivity index (χ0n) is 15.2. The van der Waals surface area contributed by atoms with Crippen LogP contribution >= 0.6 is 0 Å². The van der Waals surface area contributed by atoms with Crippen molar-refractivity contribution in [2.45, 2.75) is 6.54 Å². The normalized spacial score (nSPS) is 10.0. The van der Waals surface area contributed by atoms with E-state index in [9.17, 15) is 9.59 Å². The summed E-state index contributed by atoms with van der Waals surface area (Å²) in [6, 6.07) is 25.5. The molecule has 28 heavy (non-hydrogen) atoms. The average Bonchev–Trinajstić information content (AvgIpc) is 2.72. The third-order valence-corrected chi connectivity index (χ3v) is 3.81. The van der Waals surface area contributed by atoms with E-state index in [-0.39, 0.29) is 12.5 Å². The Balaban J connectivity index is 1.44. The number of para-hydroxylation sites is 1. The molecule has 6 heteroatoms. The molecule has 3 aromatic rings. The summed E-state index contributed by atoms with van der Waals surface area (Å²) in [4.78, 5) is 23.9. The second-order valence-electron chi connectivity index (χ2n) is 6.01. The van der Waals surface area contributed by atoms with Gasteiger partial charge in [-0.3, -0.25) is 4.79 Å². The minimum Gasteiger partial charge on any atom is -0.457 e. The van der Waals surface area contributed by atoms with Crippen molar-refractivity contribution in [2.24, 2.45) is 0 Å². The van der Waals surface area contributed by atoms with Gasteiger partial charge in [-0.15, -0.1) is 0 Å². The Hall–Kier alpha value is -3.80. The van der Waals surface area contributed by atoms with Gasteiger partial charge >= 0.3 is 6.03 Å². The molecule has 0 bridgehead atoms. The first-order valence-corrected chi connectivity index (χ1v) is 8.87. The molecule has 3 N–H and O–H groups in total. The van der Waals surface area contributed by atoms with Crippen LogP contribution < -0.4 is 20.7 Å². The van der Waals surface area contributed by atoms with Crippen molar-refractivity contribution in [3.63, 3.8) is 0 Å². The number of rotatable bonds is 7. The number of ether oxygens (including phenoxy) is 1. The summed E-state index contributed by atoms with van der Waals surface area (Å²) >= 11 is 0. The first kappa shape index (κ1) is 19.0. The lowest BCUT2D eigenvalue weighted by Gasteiger charge is -2.10. The smallest absolute Gasteiger partial charge is 0.319 e. The maximum absolute atomic E-state index is 12.0. The summed E-state index contributed by atoms with van der Waals surface area (Å²) in [5.41, 5.74) is 1.56. The maximum atomic E-state index is 12.0. The predicted molar refractivity (Wildman–Crippen MR) is 108 cm³/mol. The highest BCUT2D eigenvalue weighted by atomic mass is 16.5. The summed E-state index contributed by atoms with van der Waals surface area (Å²) in [6.07, 6.45) is 0. The van der Waals surface area contributed by atoms with Gasteiger partial charge in [-0.05, 0) is 29.8 Å². The first-order chi connectivity index (χ1) is 13.7. The molecule has 0 spiro atoms. The molecule has 3 rings (SSSR count). The van der Waals surface area contributed by atoms with Crippen molar-refractivity contribution < 1.29 is 14.3 Å². The molecule has 0 aliphatic rings. The van der Waals surface area contributed by atoms with Crippen LogP contribution in [0.25, 0.3) is 0 Å². The number of hydrogen-bond donors (Lipinski definition) is 3. The highest BCUT2D eigenvalue weighted by molar-refractivity contribution is 5.92. The summed E-state index contributed by atoms with van der Waals surface area (Å²) in [7, 11) is 0. The largest absolute Gasteiger partial charge is 0.457 e. The van der Waals surface area contributed by atoms with Crippen LogP contribution in [0.1, 0.15) is 5.56 Å². The fourth-order valence-electron chi connectivity index (χ4n) is 2.46. The molecule has 6 nitrogen and oxygen atoms in total. The zero-order chi connectivity index (χ0) is 19.6. The van der Waals surface area contributed by atoms with Crippen molar-refractivity contribution in [3.05, 3.63) is 90.5 Å². The number of carbonyl (C=O) groups is 2. The van der Waals surface area contributed by atoms with E-state index in [1.165, 1.54) is 0 Å². The summed E-state index contributed by atoms with van der Waals surface area (Å²) in [5, 5.41) is 7.97. The molecule has 0 aliphatic heterocycles. The second-order valence-corrected chi connectivity index (χ2v) is 6.01. The van der Waals surface area contributed by atoms with E-state index in [0.717, 1.165) is 5.56 Å². The lowest BCUT2D eigenvalue weighted by atomic mass is 10.2. The first-order valence-electron chi connectivity index (χ1n) is 8.87. The SMILES string of the molecule is O=C(CNC(=O)Nc1cccc(Oc2ccccc2)c1)NCc1ccccc1. The van der Waals surface area contributed by atoms with Gasteiger partial charge in [0.05, 0.1) is 6.54 Å². The zero-order valence-corrected chi connectivity index (χ0v) is 15.2. The molecule has 142 valence electrons. The van der Waals surface area contributed by atoms with Crippen LogP contribution in [0.15, 0.2) is 84.9 Å². The van der Waals surface area contributed by atoms with Crippen LogP contribution in [0.2, 0.25) is 0 Å². The molecule has 0 saturated carbocycles. The molecule has 3 amide bonds. The summed E-state index contributed by atoms with van der Waals surface area (Å²) in [5.74, 6) is 1.05. The van der Waals surface area contributed by atoms with Gasteiger partial charge in [0.25, 0.3) is 0 Å². The third-order valence-electron chi connectivity index (χ3n) is 3.81. The van der Waals surface area contributed by atoms with Gasteiger partial charge in [-0.1, -0.05) is 54.6 Å². The lowest BCUT2D eigenvalue weighted by Crippen LogP contribution is -2.38. The summed E-state index contributed by atoms with van der Waals surface area (Å²) in [6.45, 7) is 0.306. The van der Waals surface area contributed by atoms with Crippen LogP contribution in [0.3, 0.4) is 0 Å². The molecule has 0 atom stereocenters. The predicted octanol–water partition coefficient (Wildman–Crippen LogP) is 3.92. The second kappa shape index (κ2) is 9.78. The van der Waals surface area contributed by atoms with Gasteiger partial charge in [0.1, 0.15) is 11.5 Å². The van der Waals surface area contributed by atoms with Gasteiger partial charge in [-0.25, -0.2) is 4.79 Å². The summed E-state index contributed by atoms with van der Waals surface area (Å²) < 4.78 is 5.74. The van der Waals surface area contributed by atoms with E-state index < -0.39 is 6.03 Å². The molecule has 0 unspecified atom stereocenters. The van der Waals surface area contributed by atoms with Gasteiger partial charge in [0, 0.05) is 18.3 Å². The van der Waals surface area contributed by atoms with Crippen LogP contribution in [0.4, 0.5) is 10.5 Å². The third kappa shape index (κ3) is 6.17. The number of amides is 3. The van der Waals surface area contributed by atoms with E-state index >= 15 is 0 Å². The standard InChI is InChI=1S/C22H21N3O3/c26-21(23-15-17-8-3-1-4-9-17)16-24-22(27)25-18-10-7-13-20(14-18)28-19-11-5-2-6-12-19/h1-14H,15-16H2,(H,23,26)(H2,24,25,27). The van der Waals surface area contributed by atoms with Crippen molar-refractivity contribution in [2.75, 3.05) is 11.9 Å². The maximum Gasteiger partial charge on any atom is 0.319 e. The van der Waals surface area contributed by atoms with Crippen molar-refractivity contribution in [1.82, 2.24) is 10.6 Å². The average molecular weight is 375 g/mol. The molecule has 0 heterocycles. The van der Waals surface area contributed by atoms with Crippen molar-refractivity contribution >= 4 is 17.6 Å². The monoisotopic (exact) mass is 375 g/mol. The molecule has 0 saturated heterocycles. The van der Waals surface area contributed by atoms with Crippen LogP contribution in [0, 0.1) is 0 Å². The minimum atomic E-state index is -0.466. The highest BCUT2D eigenvalue weighted by Gasteiger charge is 2.06. The highest BCUT2D eigenvalue weighted by Crippen LogP contribution is 2.23. The van der Waals surface area contributed by atoms with Gasteiger partial charge in [0.15, 0.2) is 0 Å². The molecule has 0 aromatic heterocycles. The minimum absolute atomic E-state index is 0.112. The Morgan fingerprint density at radius 3 is 2.18 bits per heavy atom. The van der Waals surface area contributed by atoms with E-state index in [2.05, 4.69) is 16.0 Å². The fraction of sp³-hybridized carbons (Fsp3) is 0.0909. The molecular formula is C22H21N3O3. The molecule has 0 radical (unpaired) electrons. The van der Waals surface area contributed by atoms with Crippen LogP contribution in [0.5, 0.6) is 11.5 Å². The van der Waals surface area contributed by atoms with Crippen LogP contribution in [-0.2, 0) is 11.3 Å². The quantitative estimate of drug-likeness (QED) is 0.586. The van der Waals surface area contributed by atoms with E-state index in [4.69, 9.17) is 4.74 Å². The van der Waals surface area contributed by atoms with E-state index in [0.29, 0.717) is 23.7 Å². The number of nitrogens with one attached hydrogen (secondary N) is 3. The fourth-order valence-corrected chi connectivity index (χ4v) is 2.46. The lowest BCUT2D eigenvalue weighted by molar-refractivity contribution is -0.120. The van der Waals surface area contributed by atoms with Gasteiger partial charge in [-0.2, -0.15) is 0 Å². The Morgan fingerprint density at radius 1 is 0.750 bits per heavy atom.